The van der Waals surface area contributed by atoms with Crippen LogP contribution < -0.4 is 0 Å². The van der Waals surface area contributed by atoms with E-state index in [2.05, 4.69) is 0 Å². The Labute approximate surface area is 94.7 Å². The van der Waals surface area contributed by atoms with E-state index in [-0.39, 0.29) is 18.5 Å². The summed E-state index contributed by atoms with van der Waals surface area (Å²) < 4.78 is 5.19. The summed E-state index contributed by atoms with van der Waals surface area (Å²) in [7, 11) is 1.76. The monoisotopic (exact) mass is 227 g/mol. The second-order valence-corrected chi connectivity index (χ2v) is 4.12. The number of carbonyl (C=O) groups excluding carboxylic acids is 2. The highest BCUT2D eigenvalue weighted by Gasteiger charge is 2.28. The van der Waals surface area contributed by atoms with Gasteiger partial charge in [-0.25, -0.2) is 4.79 Å². The zero-order valence-corrected chi connectivity index (χ0v) is 9.52. The summed E-state index contributed by atoms with van der Waals surface area (Å²) in [4.78, 5) is 28.5. The molecule has 0 saturated carbocycles. The molecule has 3 amide bonds. The number of likely N-dealkylation sites (N-methyl/N-ethyl adjacent to an activating group) is 1. The van der Waals surface area contributed by atoms with Crippen molar-refractivity contribution in [2.75, 3.05) is 53.0 Å². The van der Waals surface area contributed by atoms with Gasteiger partial charge in [0.2, 0.25) is 5.91 Å². The molecule has 0 atom stereocenters. The molecule has 6 nitrogen and oxygen atoms in total. The normalized spacial score (nSPS) is 22.6. The number of ether oxygens (including phenoxy) is 1. The van der Waals surface area contributed by atoms with Gasteiger partial charge in [0.1, 0.15) is 6.54 Å². The predicted octanol–water partition coefficient (Wildman–Crippen LogP) is -0.787. The Morgan fingerprint density at radius 3 is 2.44 bits per heavy atom. The summed E-state index contributed by atoms with van der Waals surface area (Å²) >= 11 is 0. The fourth-order valence-electron chi connectivity index (χ4n) is 1.88. The molecule has 2 fully saturated rings. The van der Waals surface area contributed by atoms with Crippen LogP contribution in [0.15, 0.2) is 0 Å². The fraction of sp³-hybridized carbons (Fsp3) is 0.800. The minimum atomic E-state index is -0.0373. The first-order chi connectivity index (χ1) is 7.68. The maximum Gasteiger partial charge on any atom is 0.320 e. The van der Waals surface area contributed by atoms with E-state index in [4.69, 9.17) is 4.74 Å². The van der Waals surface area contributed by atoms with Crippen molar-refractivity contribution < 1.29 is 14.3 Å². The second kappa shape index (κ2) is 4.69. The molecule has 0 aromatic rings. The molecule has 6 heteroatoms. The highest BCUT2D eigenvalue weighted by molar-refractivity contribution is 5.85. The van der Waals surface area contributed by atoms with Crippen molar-refractivity contribution in [3.63, 3.8) is 0 Å². The smallest absolute Gasteiger partial charge is 0.320 e. The quantitative estimate of drug-likeness (QED) is 0.545. The maximum absolute atomic E-state index is 12.0. The van der Waals surface area contributed by atoms with E-state index >= 15 is 0 Å². The van der Waals surface area contributed by atoms with Gasteiger partial charge in [-0.05, 0) is 0 Å². The van der Waals surface area contributed by atoms with Crippen LogP contribution in [-0.2, 0) is 9.53 Å². The Balaban J connectivity index is 1.91. The second-order valence-electron chi connectivity index (χ2n) is 4.12. The molecule has 0 aromatic carbocycles. The van der Waals surface area contributed by atoms with Gasteiger partial charge >= 0.3 is 6.03 Å². The largest absolute Gasteiger partial charge is 0.378 e. The van der Waals surface area contributed by atoms with Crippen LogP contribution in [0.3, 0.4) is 0 Å². The lowest BCUT2D eigenvalue weighted by Crippen LogP contribution is -2.56. The fourth-order valence-corrected chi connectivity index (χ4v) is 1.88. The van der Waals surface area contributed by atoms with Crippen LogP contribution in [0.4, 0.5) is 4.79 Å². The molecule has 2 heterocycles. The number of piperazine rings is 1. The third-order valence-corrected chi connectivity index (χ3v) is 3.01. The molecule has 0 bridgehead atoms. The first kappa shape index (κ1) is 11.2. The van der Waals surface area contributed by atoms with Crippen molar-refractivity contribution in [3.05, 3.63) is 0 Å². The first-order valence-corrected chi connectivity index (χ1v) is 5.54. The van der Waals surface area contributed by atoms with Crippen molar-refractivity contribution >= 4 is 11.9 Å². The van der Waals surface area contributed by atoms with E-state index in [0.29, 0.717) is 39.4 Å². The molecule has 0 radical (unpaired) electrons. The molecule has 2 aliphatic heterocycles. The summed E-state index contributed by atoms with van der Waals surface area (Å²) in [5.74, 6) is 0.00728. The van der Waals surface area contributed by atoms with E-state index in [0.717, 1.165) is 0 Å². The Morgan fingerprint density at radius 2 is 1.81 bits per heavy atom. The lowest BCUT2D eigenvalue weighted by atomic mass is 10.3. The van der Waals surface area contributed by atoms with Gasteiger partial charge < -0.3 is 19.4 Å². The number of rotatable bonds is 0. The third kappa shape index (κ3) is 2.27. The third-order valence-electron chi connectivity index (χ3n) is 3.01. The Hall–Kier alpha value is -1.30. The Morgan fingerprint density at radius 1 is 1.12 bits per heavy atom. The van der Waals surface area contributed by atoms with Crippen molar-refractivity contribution in [2.45, 2.75) is 0 Å². The molecule has 0 spiro atoms. The SMILES string of the molecule is CN1CCN(C(=O)N2CCOCC2)CC1=O. The minimum Gasteiger partial charge on any atom is -0.378 e. The molecule has 0 unspecified atom stereocenters. The van der Waals surface area contributed by atoms with E-state index in [1.54, 1.807) is 21.7 Å². The minimum absolute atomic E-state index is 0.00728. The van der Waals surface area contributed by atoms with Crippen molar-refractivity contribution in [3.8, 4) is 0 Å². The number of nitrogens with zero attached hydrogens (tertiary/aromatic N) is 3. The summed E-state index contributed by atoms with van der Waals surface area (Å²) in [6.07, 6.45) is 0. The summed E-state index contributed by atoms with van der Waals surface area (Å²) in [6.45, 7) is 3.87. The lowest BCUT2D eigenvalue weighted by Gasteiger charge is -2.36. The number of morpholine rings is 1. The molecular weight excluding hydrogens is 210 g/mol. The number of hydrogen-bond acceptors (Lipinski definition) is 3. The number of hydrogen-bond donors (Lipinski definition) is 0. The van der Waals surface area contributed by atoms with Crippen LogP contribution in [0.5, 0.6) is 0 Å². The van der Waals surface area contributed by atoms with Gasteiger partial charge in [0.05, 0.1) is 13.2 Å². The van der Waals surface area contributed by atoms with Gasteiger partial charge in [-0.3, -0.25) is 4.79 Å². The molecule has 2 aliphatic rings. The van der Waals surface area contributed by atoms with Gasteiger partial charge in [-0.15, -0.1) is 0 Å². The molecule has 2 rings (SSSR count). The molecule has 90 valence electrons. The molecule has 0 aromatic heterocycles. The summed E-state index contributed by atoms with van der Waals surface area (Å²) in [5.41, 5.74) is 0. The van der Waals surface area contributed by atoms with Crippen LogP contribution in [0.2, 0.25) is 0 Å². The van der Waals surface area contributed by atoms with Crippen molar-refractivity contribution in [1.29, 1.82) is 0 Å². The van der Waals surface area contributed by atoms with Gasteiger partial charge in [0.25, 0.3) is 0 Å². The topological polar surface area (TPSA) is 53.1 Å². The molecule has 16 heavy (non-hydrogen) atoms. The van der Waals surface area contributed by atoms with Gasteiger partial charge in [-0.1, -0.05) is 0 Å². The van der Waals surface area contributed by atoms with Gasteiger partial charge in [0, 0.05) is 33.2 Å². The Bertz CT molecular complexity index is 289. The van der Waals surface area contributed by atoms with Crippen LogP contribution in [0.1, 0.15) is 0 Å². The Kier molecular flexibility index (Phi) is 3.28. The lowest BCUT2D eigenvalue weighted by molar-refractivity contribution is -0.133. The number of amides is 3. The average molecular weight is 227 g/mol. The van der Waals surface area contributed by atoms with Crippen LogP contribution in [-0.4, -0.2) is 79.6 Å². The highest BCUT2D eigenvalue weighted by Crippen LogP contribution is 2.07. The summed E-state index contributed by atoms with van der Waals surface area (Å²) in [5, 5.41) is 0. The number of urea groups is 1. The number of carbonyl (C=O) groups is 2. The highest BCUT2D eigenvalue weighted by atomic mass is 16.5. The van der Waals surface area contributed by atoms with E-state index in [1.165, 1.54) is 0 Å². The molecule has 0 aliphatic carbocycles. The molecular formula is C10H17N3O3. The van der Waals surface area contributed by atoms with Crippen LogP contribution >= 0.6 is 0 Å². The zero-order chi connectivity index (χ0) is 11.5. The standard InChI is InChI=1S/C10H17N3O3/c1-11-2-3-13(8-9(11)14)10(15)12-4-6-16-7-5-12/h2-8H2,1H3. The van der Waals surface area contributed by atoms with Crippen LogP contribution in [0, 0.1) is 0 Å². The predicted molar refractivity (Wildman–Crippen MR) is 57.0 cm³/mol. The van der Waals surface area contributed by atoms with Crippen LogP contribution in [0.25, 0.3) is 0 Å². The van der Waals surface area contributed by atoms with Crippen molar-refractivity contribution in [2.24, 2.45) is 0 Å². The van der Waals surface area contributed by atoms with E-state index in [1.807, 2.05) is 0 Å². The van der Waals surface area contributed by atoms with Gasteiger partial charge in [0.15, 0.2) is 0 Å². The zero-order valence-electron chi connectivity index (χ0n) is 9.52. The molecule has 0 N–H and O–H groups in total. The van der Waals surface area contributed by atoms with Crippen molar-refractivity contribution in [1.82, 2.24) is 14.7 Å². The average Bonchev–Trinajstić information content (AvgIpc) is 2.33. The van der Waals surface area contributed by atoms with E-state index < -0.39 is 0 Å². The first-order valence-electron chi connectivity index (χ1n) is 5.54. The van der Waals surface area contributed by atoms with Gasteiger partial charge in [-0.2, -0.15) is 0 Å². The summed E-state index contributed by atoms with van der Waals surface area (Å²) in [6, 6.07) is -0.0373. The maximum atomic E-state index is 12.0. The van der Waals surface area contributed by atoms with E-state index in [9.17, 15) is 9.59 Å². The molecule has 2 saturated heterocycles.